The van der Waals surface area contributed by atoms with Gasteiger partial charge in [-0.05, 0) is 45.0 Å². The molecule has 27 heavy (non-hydrogen) atoms. The average Bonchev–Trinajstić information content (AvgIpc) is 3.21. The normalized spacial score (nSPS) is 15.0. The number of rotatable bonds is 3. The molecule has 0 spiro atoms. The van der Waals surface area contributed by atoms with Gasteiger partial charge in [-0.15, -0.1) is 16.4 Å². The van der Waals surface area contributed by atoms with E-state index in [-0.39, 0.29) is 6.10 Å². The molecule has 6 nitrogen and oxygen atoms in total. The molecule has 0 atom stereocenters. The van der Waals surface area contributed by atoms with E-state index in [1.165, 1.54) is 15.8 Å². The molecule has 0 fully saturated rings. The van der Waals surface area contributed by atoms with Crippen molar-refractivity contribution in [3.05, 3.63) is 41.0 Å². The number of thiophene rings is 1. The first-order chi connectivity index (χ1) is 13.1. The molecule has 0 aliphatic carbocycles. The van der Waals surface area contributed by atoms with E-state index in [0.717, 1.165) is 41.3 Å². The highest BCUT2D eigenvalue weighted by molar-refractivity contribution is 7.19. The summed E-state index contributed by atoms with van der Waals surface area (Å²) in [5, 5.41) is 5.84. The lowest BCUT2D eigenvalue weighted by atomic mass is 10.1. The molecule has 0 saturated carbocycles. The molecule has 3 aromatic heterocycles. The highest BCUT2D eigenvalue weighted by Crippen LogP contribution is 2.36. The monoisotopic (exact) mass is 379 g/mol. The molecule has 1 aliphatic heterocycles. The van der Waals surface area contributed by atoms with Crippen molar-refractivity contribution in [3.63, 3.8) is 0 Å². The summed E-state index contributed by atoms with van der Waals surface area (Å²) < 4.78 is 7.62. The van der Waals surface area contributed by atoms with E-state index in [4.69, 9.17) is 9.72 Å². The van der Waals surface area contributed by atoms with Gasteiger partial charge in [-0.2, -0.15) is 0 Å². The van der Waals surface area contributed by atoms with Crippen molar-refractivity contribution < 1.29 is 4.74 Å². The van der Waals surface area contributed by atoms with E-state index in [1.807, 2.05) is 38.1 Å². The van der Waals surface area contributed by atoms with Crippen molar-refractivity contribution in [3.8, 4) is 17.1 Å². The minimum absolute atomic E-state index is 0.133. The molecular weight excluding hydrogens is 358 g/mol. The van der Waals surface area contributed by atoms with Crippen molar-refractivity contribution in [2.45, 2.75) is 32.9 Å². The van der Waals surface area contributed by atoms with Gasteiger partial charge in [0, 0.05) is 23.5 Å². The van der Waals surface area contributed by atoms with Crippen LogP contribution in [0, 0.1) is 0 Å². The zero-order valence-electron chi connectivity index (χ0n) is 15.6. The van der Waals surface area contributed by atoms with Gasteiger partial charge in [0.1, 0.15) is 16.9 Å². The number of hydrogen-bond donors (Lipinski definition) is 0. The lowest BCUT2D eigenvalue weighted by Gasteiger charge is -2.21. The number of hydrogen-bond acceptors (Lipinski definition) is 6. The van der Waals surface area contributed by atoms with Crippen LogP contribution in [0.5, 0.6) is 5.75 Å². The minimum Gasteiger partial charge on any atom is -0.491 e. The van der Waals surface area contributed by atoms with Crippen molar-refractivity contribution in [1.29, 1.82) is 0 Å². The average molecular weight is 379 g/mol. The van der Waals surface area contributed by atoms with E-state index < -0.39 is 0 Å². The standard InChI is InChI=1S/C20H21N5OS/c1-12(2)26-14-6-4-5-13(9-14)18-22-19-17-15-7-8-24(3)10-16(15)27-20(17)21-11-25(19)23-18/h4-6,9,11-12H,7-8,10H2,1-3H3. The lowest BCUT2D eigenvalue weighted by molar-refractivity contribution is 0.242. The predicted molar refractivity (Wildman–Crippen MR) is 107 cm³/mol. The quantitative estimate of drug-likeness (QED) is 0.542. The van der Waals surface area contributed by atoms with Crippen LogP contribution < -0.4 is 4.74 Å². The topological polar surface area (TPSA) is 55.6 Å². The Balaban J connectivity index is 1.65. The fraction of sp³-hybridized carbons (Fsp3) is 0.350. The molecule has 0 unspecified atom stereocenters. The highest BCUT2D eigenvalue weighted by atomic mass is 32.1. The summed E-state index contributed by atoms with van der Waals surface area (Å²) in [5.74, 6) is 1.53. The molecule has 0 radical (unpaired) electrons. The summed E-state index contributed by atoms with van der Waals surface area (Å²) in [7, 11) is 2.16. The van der Waals surface area contributed by atoms with Gasteiger partial charge in [0.15, 0.2) is 11.5 Å². The van der Waals surface area contributed by atoms with Crippen LogP contribution in [0.4, 0.5) is 0 Å². The molecule has 0 saturated heterocycles. The Morgan fingerprint density at radius 3 is 3.00 bits per heavy atom. The zero-order chi connectivity index (χ0) is 18.5. The molecule has 5 rings (SSSR count). The molecule has 138 valence electrons. The van der Waals surface area contributed by atoms with Crippen LogP contribution in [0.1, 0.15) is 24.3 Å². The van der Waals surface area contributed by atoms with Gasteiger partial charge in [-0.1, -0.05) is 12.1 Å². The third kappa shape index (κ3) is 2.87. The maximum Gasteiger partial charge on any atom is 0.182 e. The SMILES string of the molecule is CC(C)Oc1cccc(-c2nc3c4c5c(sc4ncn3n2)CN(C)CC5)c1. The van der Waals surface area contributed by atoms with Gasteiger partial charge in [0.2, 0.25) is 0 Å². The molecule has 4 aromatic rings. The number of nitrogens with zero attached hydrogens (tertiary/aromatic N) is 5. The number of benzene rings is 1. The number of likely N-dealkylation sites (N-methyl/N-ethyl adjacent to an activating group) is 1. The van der Waals surface area contributed by atoms with Crippen molar-refractivity contribution in [1.82, 2.24) is 24.5 Å². The summed E-state index contributed by atoms with van der Waals surface area (Å²) in [6.07, 6.45) is 2.94. The lowest BCUT2D eigenvalue weighted by Crippen LogP contribution is -2.25. The first kappa shape index (κ1) is 16.6. The van der Waals surface area contributed by atoms with Crippen LogP contribution in [-0.4, -0.2) is 44.2 Å². The molecule has 4 heterocycles. The maximum atomic E-state index is 5.82. The number of ether oxygens (including phenoxy) is 1. The van der Waals surface area contributed by atoms with Gasteiger partial charge in [0.05, 0.1) is 11.5 Å². The van der Waals surface area contributed by atoms with Crippen molar-refractivity contribution >= 4 is 27.2 Å². The third-order valence-electron chi connectivity index (χ3n) is 4.83. The van der Waals surface area contributed by atoms with Crippen LogP contribution in [-0.2, 0) is 13.0 Å². The molecular formula is C20H21N5OS. The van der Waals surface area contributed by atoms with Crippen LogP contribution in [0.3, 0.4) is 0 Å². The largest absolute Gasteiger partial charge is 0.491 e. The Labute approximate surface area is 161 Å². The Kier molecular flexibility index (Phi) is 3.87. The number of fused-ring (bicyclic) bond motifs is 5. The molecule has 1 aliphatic rings. The summed E-state index contributed by atoms with van der Waals surface area (Å²) in [6.45, 7) is 6.10. The fourth-order valence-corrected chi connectivity index (χ4v) is 4.88. The molecule has 0 amide bonds. The second-order valence-corrected chi connectivity index (χ2v) is 8.40. The molecule has 7 heteroatoms. The van der Waals surface area contributed by atoms with E-state index in [1.54, 1.807) is 22.2 Å². The summed E-state index contributed by atoms with van der Waals surface area (Å²) in [6, 6.07) is 7.96. The second-order valence-electron chi connectivity index (χ2n) is 7.31. The second kappa shape index (κ2) is 6.28. The van der Waals surface area contributed by atoms with Crippen LogP contribution in [0.2, 0.25) is 0 Å². The van der Waals surface area contributed by atoms with Crippen LogP contribution in [0.25, 0.3) is 27.3 Å². The summed E-state index contributed by atoms with van der Waals surface area (Å²) in [5.41, 5.74) is 3.24. The first-order valence-corrected chi connectivity index (χ1v) is 10.0. The van der Waals surface area contributed by atoms with Crippen molar-refractivity contribution in [2.24, 2.45) is 0 Å². The maximum absolute atomic E-state index is 5.82. The van der Waals surface area contributed by atoms with Gasteiger partial charge in [0.25, 0.3) is 0 Å². The minimum atomic E-state index is 0.133. The van der Waals surface area contributed by atoms with E-state index in [9.17, 15) is 0 Å². The molecule has 0 bridgehead atoms. The van der Waals surface area contributed by atoms with Crippen LogP contribution >= 0.6 is 11.3 Å². The van der Waals surface area contributed by atoms with Gasteiger partial charge in [-0.25, -0.2) is 14.5 Å². The van der Waals surface area contributed by atoms with E-state index in [0.29, 0.717) is 5.82 Å². The predicted octanol–water partition coefficient (Wildman–Crippen LogP) is 3.78. The van der Waals surface area contributed by atoms with E-state index >= 15 is 0 Å². The molecule has 1 aromatic carbocycles. The number of aromatic nitrogens is 4. The third-order valence-corrected chi connectivity index (χ3v) is 5.96. The Morgan fingerprint density at radius 2 is 2.15 bits per heavy atom. The fourth-order valence-electron chi connectivity index (χ4n) is 3.62. The first-order valence-electron chi connectivity index (χ1n) is 9.20. The van der Waals surface area contributed by atoms with Gasteiger partial charge >= 0.3 is 0 Å². The highest BCUT2D eigenvalue weighted by Gasteiger charge is 2.22. The van der Waals surface area contributed by atoms with Gasteiger partial charge < -0.3 is 9.64 Å². The zero-order valence-corrected chi connectivity index (χ0v) is 16.5. The molecule has 0 N–H and O–H groups in total. The Morgan fingerprint density at radius 1 is 1.26 bits per heavy atom. The van der Waals surface area contributed by atoms with Crippen LogP contribution in [0.15, 0.2) is 30.6 Å². The smallest absolute Gasteiger partial charge is 0.182 e. The van der Waals surface area contributed by atoms with E-state index in [2.05, 4.69) is 22.0 Å². The van der Waals surface area contributed by atoms with Crippen molar-refractivity contribution in [2.75, 3.05) is 13.6 Å². The summed E-state index contributed by atoms with van der Waals surface area (Å²) >= 11 is 1.78. The Bertz CT molecular complexity index is 1150. The Hall–Kier alpha value is -2.51. The summed E-state index contributed by atoms with van der Waals surface area (Å²) in [4.78, 5) is 14.3. The van der Waals surface area contributed by atoms with Gasteiger partial charge in [-0.3, -0.25) is 0 Å².